The Labute approximate surface area is 322 Å². The van der Waals surface area contributed by atoms with Gasteiger partial charge in [0, 0.05) is 47.8 Å². The smallest absolute Gasteiger partial charge is 0.143 e. The minimum atomic E-state index is 0.895. The lowest BCUT2D eigenvalue weighted by atomic mass is 9.91. The predicted octanol–water partition coefficient (Wildman–Crippen LogP) is 15.6. The molecule has 0 radical (unpaired) electrons. The molecular weight excluding hydrogens is 687 g/mol. The van der Waals surface area contributed by atoms with E-state index < -0.39 is 0 Å². The van der Waals surface area contributed by atoms with Crippen molar-refractivity contribution >= 4 is 81.3 Å². The van der Waals surface area contributed by atoms with Crippen molar-refractivity contribution in [1.82, 2.24) is 0 Å². The summed E-state index contributed by atoms with van der Waals surface area (Å²) in [5.74, 6) is 0. The molecule has 2 heterocycles. The SMILES string of the molecule is c1cc(-c2ccccc2-c2cccc3ccccc23)cc(N(c2ccccc2-c2cccc3c2oc2ccccc23)c2cccc3sc4ccccc4c23)c1. The van der Waals surface area contributed by atoms with E-state index in [4.69, 9.17) is 4.42 Å². The Morgan fingerprint density at radius 1 is 0.382 bits per heavy atom. The molecule has 0 fully saturated rings. The summed E-state index contributed by atoms with van der Waals surface area (Å²) in [5, 5.41) is 7.24. The minimum Gasteiger partial charge on any atom is -0.455 e. The number of para-hydroxylation sites is 3. The van der Waals surface area contributed by atoms with Gasteiger partial charge in [0.05, 0.1) is 11.4 Å². The number of rotatable bonds is 6. The highest BCUT2D eigenvalue weighted by molar-refractivity contribution is 7.26. The maximum Gasteiger partial charge on any atom is 0.143 e. The first-order valence-electron chi connectivity index (χ1n) is 18.7. The molecule has 0 aliphatic carbocycles. The van der Waals surface area contributed by atoms with Crippen molar-refractivity contribution in [2.24, 2.45) is 0 Å². The van der Waals surface area contributed by atoms with Crippen LogP contribution >= 0.6 is 11.3 Å². The summed E-state index contributed by atoms with van der Waals surface area (Å²) >= 11 is 1.85. The second-order valence-electron chi connectivity index (χ2n) is 14.0. The van der Waals surface area contributed by atoms with Crippen LogP contribution in [0.3, 0.4) is 0 Å². The molecule has 0 bridgehead atoms. The van der Waals surface area contributed by atoms with Gasteiger partial charge in [0.15, 0.2) is 0 Å². The highest BCUT2D eigenvalue weighted by Crippen LogP contribution is 2.49. The number of benzene rings is 9. The molecule has 55 heavy (non-hydrogen) atoms. The van der Waals surface area contributed by atoms with Crippen LogP contribution in [0.4, 0.5) is 17.1 Å². The van der Waals surface area contributed by atoms with Crippen LogP contribution in [0.5, 0.6) is 0 Å². The lowest BCUT2D eigenvalue weighted by molar-refractivity contribution is 0.670. The molecule has 0 atom stereocenters. The molecule has 11 rings (SSSR count). The molecule has 0 aliphatic rings. The maximum atomic E-state index is 6.65. The Bertz CT molecular complexity index is 3240. The maximum absolute atomic E-state index is 6.65. The second-order valence-corrected chi connectivity index (χ2v) is 15.1. The standard InChI is InChI=1S/C52H33NOS/c1-2-19-37-34(15-1)16-12-25-40(37)39-21-4-3-20-38(39)35-17-11-18-36(33-35)53(47-29-14-32-50-51(47)45-24-7-10-31-49(45)55-50)46-28-8-5-22-41(46)43-26-13-27-44-42-23-6-9-30-48(42)54-52(43)44/h1-33H. The van der Waals surface area contributed by atoms with E-state index in [0.717, 1.165) is 55.7 Å². The molecule has 0 saturated heterocycles. The molecule has 9 aromatic carbocycles. The van der Waals surface area contributed by atoms with Crippen molar-refractivity contribution in [3.05, 3.63) is 200 Å². The van der Waals surface area contributed by atoms with Gasteiger partial charge in [-0.2, -0.15) is 0 Å². The van der Waals surface area contributed by atoms with E-state index in [1.165, 1.54) is 47.6 Å². The lowest BCUT2D eigenvalue weighted by Gasteiger charge is -2.29. The zero-order chi connectivity index (χ0) is 36.3. The van der Waals surface area contributed by atoms with E-state index in [0.29, 0.717) is 0 Å². The first-order valence-corrected chi connectivity index (χ1v) is 19.5. The molecule has 3 heteroatoms. The van der Waals surface area contributed by atoms with Gasteiger partial charge in [-0.3, -0.25) is 0 Å². The highest BCUT2D eigenvalue weighted by atomic mass is 32.1. The van der Waals surface area contributed by atoms with E-state index in [1.807, 2.05) is 17.4 Å². The van der Waals surface area contributed by atoms with Gasteiger partial charge in [-0.15, -0.1) is 11.3 Å². The minimum absolute atomic E-state index is 0.895. The van der Waals surface area contributed by atoms with Gasteiger partial charge in [0.25, 0.3) is 0 Å². The van der Waals surface area contributed by atoms with Gasteiger partial charge in [0.2, 0.25) is 0 Å². The Morgan fingerprint density at radius 2 is 0.982 bits per heavy atom. The summed E-state index contributed by atoms with van der Waals surface area (Å²) in [7, 11) is 0. The summed E-state index contributed by atoms with van der Waals surface area (Å²) in [5.41, 5.74) is 12.1. The number of furan rings is 1. The summed E-state index contributed by atoms with van der Waals surface area (Å²) in [6, 6.07) is 72.2. The predicted molar refractivity (Wildman–Crippen MR) is 235 cm³/mol. The van der Waals surface area contributed by atoms with Crippen LogP contribution in [0.15, 0.2) is 205 Å². The monoisotopic (exact) mass is 719 g/mol. The van der Waals surface area contributed by atoms with E-state index in [2.05, 4.69) is 199 Å². The van der Waals surface area contributed by atoms with Gasteiger partial charge in [-0.1, -0.05) is 158 Å². The average Bonchev–Trinajstić information content (AvgIpc) is 3.83. The van der Waals surface area contributed by atoms with Crippen LogP contribution < -0.4 is 4.90 Å². The third-order valence-corrected chi connectivity index (χ3v) is 12.0. The van der Waals surface area contributed by atoms with Crippen molar-refractivity contribution < 1.29 is 4.42 Å². The summed E-state index contributed by atoms with van der Waals surface area (Å²) in [6.07, 6.45) is 0. The zero-order valence-corrected chi connectivity index (χ0v) is 30.6. The normalized spacial score (nSPS) is 11.6. The van der Waals surface area contributed by atoms with E-state index in [1.54, 1.807) is 0 Å². The van der Waals surface area contributed by atoms with E-state index in [-0.39, 0.29) is 0 Å². The summed E-state index contributed by atoms with van der Waals surface area (Å²) in [6.45, 7) is 0. The van der Waals surface area contributed by atoms with Crippen LogP contribution in [-0.4, -0.2) is 0 Å². The number of nitrogens with zero attached hydrogens (tertiary/aromatic N) is 1. The van der Waals surface area contributed by atoms with Crippen LogP contribution in [0.1, 0.15) is 0 Å². The molecule has 2 aromatic heterocycles. The van der Waals surface area contributed by atoms with Gasteiger partial charge < -0.3 is 9.32 Å². The Kier molecular flexibility index (Phi) is 7.39. The van der Waals surface area contributed by atoms with Crippen LogP contribution in [0.25, 0.3) is 86.3 Å². The van der Waals surface area contributed by atoms with Crippen molar-refractivity contribution in [1.29, 1.82) is 0 Å². The van der Waals surface area contributed by atoms with E-state index >= 15 is 0 Å². The van der Waals surface area contributed by atoms with Crippen LogP contribution in [0, 0.1) is 0 Å². The molecule has 0 N–H and O–H groups in total. The fourth-order valence-electron chi connectivity index (χ4n) is 8.45. The number of fused-ring (bicyclic) bond motifs is 7. The van der Waals surface area contributed by atoms with Crippen LogP contribution in [-0.2, 0) is 0 Å². The van der Waals surface area contributed by atoms with Gasteiger partial charge >= 0.3 is 0 Å². The number of anilines is 3. The third-order valence-electron chi connectivity index (χ3n) is 10.9. The number of hydrogen-bond donors (Lipinski definition) is 0. The zero-order valence-electron chi connectivity index (χ0n) is 29.8. The van der Waals surface area contributed by atoms with E-state index in [9.17, 15) is 0 Å². The summed E-state index contributed by atoms with van der Waals surface area (Å²) in [4.78, 5) is 2.46. The molecule has 0 unspecified atom stereocenters. The molecule has 258 valence electrons. The largest absolute Gasteiger partial charge is 0.455 e. The van der Waals surface area contributed by atoms with Gasteiger partial charge in [0.1, 0.15) is 11.2 Å². The first kappa shape index (κ1) is 31.6. The molecule has 0 amide bonds. The molecular formula is C52H33NOS. The fraction of sp³-hybridized carbons (Fsp3) is 0. The molecule has 0 spiro atoms. The van der Waals surface area contributed by atoms with Gasteiger partial charge in [-0.25, -0.2) is 0 Å². The van der Waals surface area contributed by atoms with Gasteiger partial charge in [-0.05, 0) is 75.5 Å². The lowest BCUT2D eigenvalue weighted by Crippen LogP contribution is -2.11. The fourth-order valence-corrected chi connectivity index (χ4v) is 9.58. The Balaban J connectivity index is 1.17. The average molecular weight is 720 g/mol. The summed E-state index contributed by atoms with van der Waals surface area (Å²) < 4.78 is 9.19. The van der Waals surface area contributed by atoms with Crippen LogP contribution in [0.2, 0.25) is 0 Å². The first-order chi connectivity index (χ1) is 27.3. The van der Waals surface area contributed by atoms with Crippen molar-refractivity contribution in [2.45, 2.75) is 0 Å². The molecule has 0 aliphatic heterocycles. The van der Waals surface area contributed by atoms with Crippen molar-refractivity contribution in [3.63, 3.8) is 0 Å². The topological polar surface area (TPSA) is 16.4 Å². The number of hydrogen-bond acceptors (Lipinski definition) is 3. The molecule has 2 nitrogen and oxygen atoms in total. The highest BCUT2D eigenvalue weighted by Gasteiger charge is 2.23. The third kappa shape index (κ3) is 5.16. The van der Waals surface area contributed by atoms with Crippen molar-refractivity contribution in [2.75, 3.05) is 4.90 Å². The Hall–Kier alpha value is -6.94. The molecule has 0 saturated carbocycles. The molecule has 11 aromatic rings. The Morgan fingerprint density at radius 3 is 1.91 bits per heavy atom. The quantitative estimate of drug-likeness (QED) is 0.170. The number of thiophene rings is 1. The van der Waals surface area contributed by atoms with Crippen molar-refractivity contribution in [3.8, 4) is 33.4 Å². The second kappa shape index (κ2) is 12.9.